The molecule has 0 saturated carbocycles. The van der Waals surface area contributed by atoms with Gasteiger partial charge in [-0.15, -0.1) is 11.3 Å². The van der Waals surface area contributed by atoms with E-state index >= 15 is 0 Å². The number of rotatable bonds is 5. The Labute approximate surface area is 171 Å². The first-order valence-electron chi connectivity index (χ1n) is 7.90. The normalized spacial score (nSPS) is 10.7. The van der Waals surface area contributed by atoms with Crippen molar-refractivity contribution in [2.75, 3.05) is 20.0 Å². The molecule has 2 heterocycles. The number of ether oxygens (including phenoxy) is 3. The highest BCUT2D eigenvalue weighted by atomic mass is 79.9. The first-order valence-corrected chi connectivity index (χ1v) is 9.51. The fourth-order valence-corrected chi connectivity index (χ4v) is 4.25. The van der Waals surface area contributed by atoms with E-state index in [2.05, 4.69) is 20.9 Å². The summed E-state index contributed by atoms with van der Waals surface area (Å²) in [4.78, 5) is 39.7. The SMILES string of the molecule is COC(=O)c1sc(N)c(C(=O)OC)c1COC(=O)c1[nH]c2ccccc2c1Br. The van der Waals surface area contributed by atoms with Gasteiger partial charge in [-0.2, -0.15) is 0 Å². The summed E-state index contributed by atoms with van der Waals surface area (Å²) in [6.45, 7) is -0.358. The molecule has 8 nitrogen and oxygen atoms in total. The maximum absolute atomic E-state index is 12.6. The molecule has 3 rings (SSSR count). The van der Waals surface area contributed by atoms with Gasteiger partial charge in [0.25, 0.3) is 0 Å². The molecule has 1 aromatic carbocycles. The number of para-hydroxylation sites is 1. The van der Waals surface area contributed by atoms with Crippen LogP contribution < -0.4 is 5.73 Å². The van der Waals surface area contributed by atoms with E-state index in [0.29, 0.717) is 4.47 Å². The Balaban J connectivity index is 1.92. The topological polar surface area (TPSA) is 121 Å². The van der Waals surface area contributed by atoms with Gasteiger partial charge in [0, 0.05) is 16.5 Å². The molecule has 146 valence electrons. The Morgan fingerprint density at radius 3 is 2.43 bits per heavy atom. The molecule has 0 unspecified atom stereocenters. The maximum Gasteiger partial charge on any atom is 0.356 e. The molecule has 0 aliphatic carbocycles. The molecular weight excluding hydrogens is 452 g/mol. The van der Waals surface area contributed by atoms with Crippen LogP contribution in [0.3, 0.4) is 0 Å². The van der Waals surface area contributed by atoms with Gasteiger partial charge in [0.2, 0.25) is 0 Å². The van der Waals surface area contributed by atoms with Crippen LogP contribution in [0.25, 0.3) is 10.9 Å². The van der Waals surface area contributed by atoms with Crippen molar-refractivity contribution in [1.82, 2.24) is 4.98 Å². The lowest BCUT2D eigenvalue weighted by Gasteiger charge is -2.07. The molecule has 0 amide bonds. The number of nitrogens with one attached hydrogen (secondary N) is 1. The smallest absolute Gasteiger partial charge is 0.356 e. The number of thiophene rings is 1. The second-order valence-electron chi connectivity index (χ2n) is 5.57. The van der Waals surface area contributed by atoms with E-state index in [1.54, 1.807) is 0 Å². The van der Waals surface area contributed by atoms with Crippen LogP contribution in [0.4, 0.5) is 5.00 Å². The summed E-state index contributed by atoms with van der Waals surface area (Å²) < 4.78 is 15.3. The van der Waals surface area contributed by atoms with Crippen LogP contribution in [0.15, 0.2) is 28.7 Å². The van der Waals surface area contributed by atoms with Crippen LogP contribution in [0, 0.1) is 0 Å². The fourth-order valence-electron chi connectivity index (χ4n) is 2.66. The zero-order valence-electron chi connectivity index (χ0n) is 14.8. The lowest BCUT2D eigenvalue weighted by atomic mass is 10.1. The highest BCUT2D eigenvalue weighted by Gasteiger charge is 2.28. The maximum atomic E-state index is 12.6. The van der Waals surface area contributed by atoms with E-state index in [1.807, 2.05) is 24.3 Å². The van der Waals surface area contributed by atoms with Crippen LogP contribution in [0.2, 0.25) is 0 Å². The van der Waals surface area contributed by atoms with Gasteiger partial charge in [-0.25, -0.2) is 14.4 Å². The van der Waals surface area contributed by atoms with Crippen molar-refractivity contribution in [2.24, 2.45) is 0 Å². The molecule has 0 aliphatic rings. The highest BCUT2D eigenvalue weighted by molar-refractivity contribution is 9.10. The Kier molecular flexibility index (Phi) is 5.71. The van der Waals surface area contributed by atoms with E-state index in [4.69, 9.17) is 19.9 Å². The zero-order chi connectivity index (χ0) is 20.4. The van der Waals surface area contributed by atoms with Gasteiger partial charge in [0.1, 0.15) is 27.7 Å². The van der Waals surface area contributed by atoms with Crippen molar-refractivity contribution in [3.63, 3.8) is 0 Å². The molecular formula is C18H15BrN2O6S. The monoisotopic (exact) mass is 466 g/mol. The fraction of sp³-hybridized carbons (Fsp3) is 0.167. The predicted molar refractivity (Wildman–Crippen MR) is 107 cm³/mol. The van der Waals surface area contributed by atoms with E-state index in [0.717, 1.165) is 22.2 Å². The third kappa shape index (κ3) is 3.48. The number of anilines is 1. The van der Waals surface area contributed by atoms with E-state index in [-0.39, 0.29) is 33.3 Å². The first-order chi connectivity index (χ1) is 13.4. The summed E-state index contributed by atoms with van der Waals surface area (Å²) in [6, 6.07) is 7.34. The number of H-pyrrole nitrogens is 1. The number of hydrogen-bond donors (Lipinski definition) is 2. The quantitative estimate of drug-likeness (QED) is 0.435. The molecule has 10 heteroatoms. The average Bonchev–Trinajstić information content (AvgIpc) is 3.22. The number of benzene rings is 1. The Morgan fingerprint density at radius 1 is 1.11 bits per heavy atom. The summed E-state index contributed by atoms with van der Waals surface area (Å²) in [5, 5.41) is 0.893. The van der Waals surface area contributed by atoms with Crippen LogP contribution in [0.1, 0.15) is 36.1 Å². The van der Waals surface area contributed by atoms with Gasteiger partial charge >= 0.3 is 17.9 Å². The predicted octanol–water partition coefficient (Wildman–Crippen LogP) is 3.50. The molecule has 28 heavy (non-hydrogen) atoms. The number of aromatic nitrogens is 1. The van der Waals surface area contributed by atoms with Gasteiger partial charge in [-0.1, -0.05) is 18.2 Å². The van der Waals surface area contributed by atoms with Gasteiger partial charge < -0.3 is 24.9 Å². The van der Waals surface area contributed by atoms with Gasteiger partial charge in [-0.3, -0.25) is 0 Å². The first kappa shape index (κ1) is 19.9. The molecule has 2 aromatic heterocycles. The number of esters is 3. The van der Waals surface area contributed by atoms with Crippen molar-refractivity contribution < 1.29 is 28.6 Å². The van der Waals surface area contributed by atoms with Crippen molar-refractivity contribution >= 4 is 61.1 Å². The van der Waals surface area contributed by atoms with Crippen LogP contribution in [-0.2, 0) is 20.8 Å². The minimum Gasteiger partial charge on any atom is -0.465 e. The molecule has 0 atom stereocenters. The lowest BCUT2D eigenvalue weighted by Crippen LogP contribution is -2.13. The summed E-state index contributed by atoms with van der Waals surface area (Å²) in [5.74, 6) is -2.09. The number of nitrogens with two attached hydrogens (primary N) is 1. The molecule has 0 fully saturated rings. The van der Waals surface area contributed by atoms with Gasteiger partial charge in [-0.05, 0) is 22.0 Å². The number of methoxy groups -OCH3 is 2. The summed E-state index contributed by atoms with van der Waals surface area (Å²) in [6.07, 6.45) is 0. The Morgan fingerprint density at radius 2 is 1.79 bits per heavy atom. The highest BCUT2D eigenvalue weighted by Crippen LogP contribution is 2.34. The molecule has 0 radical (unpaired) electrons. The van der Waals surface area contributed by atoms with Crippen LogP contribution >= 0.6 is 27.3 Å². The van der Waals surface area contributed by atoms with Crippen LogP contribution in [-0.4, -0.2) is 37.1 Å². The number of fused-ring (bicyclic) bond motifs is 1. The third-order valence-electron chi connectivity index (χ3n) is 3.99. The third-order valence-corrected chi connectivity index (χ3v) is 5.85. The van der Waals surface area contributed by atoms with Crippen molar-refractivity contribution in [3.8, 4) is 0 Å². The van der Waals surface area contributed by atoms with Gasteiger partial charge in [0.05, 0.1) is 18.7 Å². The molecule has 0 spiro atoms. The second-order valence-corrected chi connectivity index (χ2v) is 7.41. The summed E-state index contributed by atoms with van der Waals surface area (Å²) >= 11 is 4.25. The standard InChI is InChI=1S/C18H15BrN2O6S/c1-25-16(22)11-9(14(18(24)26-2)28-15(11)20)7-27-17(23)13-12(19)8-5-3-4-6-10(8)21-13/h3-6,21H,7,20H2,1-2H3. The largest absolute Gasteiger partial charge is 0.465 e. The van der Waals surface area contributed by atoms with Crippen molar-refractivity contribution in [3.05, 3.63) is 50.4 Å². The molecule has 0 aliphatic heterocycles. The summed E-state index contributed by atoms with van der Waals surface area (Å²) in [7, 11) is 2.39. The lowest BCUT2D eigenvalue weighted by molar-refractivity contribution is 0.0446. The van der Waals surface area contributed by atoms with Crippen LogP contribution in [0.5, 0.6) is 0 Å². The number of carbonyl (C=O) groups excluding carboxylic acids is 3. The molecule has 3 N–H and O–H groups in total. The number of nitrogen functional groups attached to an aromatic ring is 1. The van der Waals surface area contributed by atoms with Crippen molar-refractivity contribution in [2.45, 2.75) is 6.61 Å². The minimum atomic E-state index is -0.734. The molecule has 0 saturated heterocycles. The number of aromatic amines is 1. The summed E-state index contributed by atoms with van der Waals surface area (Å²) in [5.41, 5.74) is 6.95. The van der Waals surface area contributed by atoms with E-state index < -0.39 is 17.9 Å². The molecule has 0 bridgehead atoms. The average molecular weight is 467 g/mol. The Bertz CT molecular complexity index is 1090. The minimum absolute atomic E-state index is 0.0172. The number of halogens is 1. The Hall–Kier alpha value is -2.85. The number of carbonyl (C=O) groups is 3. The van der Waals surface area contributed by atoms with Crippen molar-refractivity contribution in [1.29, 1.82) is 0 Å². The second kappa shape index (κ2) is 8.03. The molecule has 3 aromatic rings. The van der Waals surface area contributed by atoms with E-state index in [1.165, 1.54) is 14.2 Å². The zero-order valence-corrected chi connectivity index (χ0v) is 17.2. The van der Waals surface area contributed by atoms with Gasteiger partial charge in [0.15, 0.2) is 0 Å². The number of hydrogen-bond acceptors (Lipinski definition) is 8. The van der Waals surface area contributed by atoms with E-state index in [9.17, 15) is 14.4 Å².